The number of nitrogens with one attached hydrogen (secondary N) is 2. The minimum Gasteiger partial charge on any atom is -0.486 e. The fourth-order valence-electron chi connectivity index (χ4n) is 2.23. The zero-order chi connectivity index (χ0) is 19.7. The zero-order valence-electron chi connectivity index (χ0n) is 17.0. The van der Waals surface area contributed by atoms with Crippen molar-refractivity contribution in [3.05, 3.63) is 30.1 Å². The van der Waals surface area contributed by atoms with E-state index in [1.165, 1.54) is 6.07 Å². The molecule has 1 rings (SSSR count). The molecule has 0 aliphatic carbocycles. The van der Waals surface area contributed by atoms with E-state index in [9.17, 15) is 9.18 Å². The van der Waals surface area contributed by atoms with E-state index < -0.39 is 5.82 Å². The summed E-state index contributed by atoms with van der Waals surface area (Å²) in [7, 11) is 1.80. The summed E-state index contributed by atoms with van der Waals surface area (Å²) in [6.07, 6.45) is -0.308. The minimum absolute atomic E-state index is 0. The fraction of sp³-hybridized carbons (Fsp3) is 0.579. The highest BCUT2D eigenvalue weighted by atomic mass is 127. The van der Waals surface area contributed by atoms with Gasteiger partial charge in [-0.1, -0.05) is 12.1 Å². The van der Waals surface area contributed by atoms with Crippen LogP contribution in [0.3, 0.4) is 0 Å². The van der Waals surface area contributed by atoms with Gasteiger partial charge in [-0.3, -0.25) is 4.79 Å². The number of guanidine groups is 1. The molecule has 27 heavy (non-hydrogen) atoms. The number of hydrogen-bond donors (Lipinski definition) is 2. The number of carbonyl (C=O) groups is 1. The van der Waals surface area contributed by atoms with E-state index in [1.807, 2.05) is 34.6 Å². The van der Waals surface area contributed by atoms with E-state index in [0.717, 1.165) is 0 Å². The molecule has 1 amide bonds. The third-order valence-electron chi connectivity index (χ3n) is 3.25. The normalized spacial score (nSPS) is 12.6. The Hall–Kier alpha value is -1.58. The van der Waals surface area contributed by atoms with Gasteiger partial charge in [0.25, 0.3) is 0 Å². The Morgan fingerprint density at radius 1 is 1.33 bits per heavy atom. The van der Waals surface area contributed by atoms with Gasteiger partial charge in [0.1, 0.15) is 6.10 Å². The lowest BCUT2D eigenvalue weighted by molar-refractivity contribution is -0.122. The lowest BCUT2D eigenvalue weighted by Crippen LogP contribution is -2.49. The van der Waals surface area contributed by atoms with E-state index in [4.69, 9.17) is 4.74 Å². The molecule has 0 heterocycles. The van der Waals surface area contributed by atoms with E-state index in [0.29, 0.717) is 19.0 Å². The number of rotatable bonds is 7. The maximum atomic E-state index is 13.7. The number of likely N-dealkylation sites (N-methyl/N-ethyl adjacent to an activating group) is 1. The second kappa shape index (κ2) is 12.0. The molecule has 1 aromatic carbocycles. The summed E-state index contributed by atoms with van der Waals surface area (Å²) < 4.78 is 19.2. The van der Waals surface area contributed by atoms with Crippen molar-refractivity contribution in [2.75, 3.05) is 26.7 Å². The van der Waals surface area contributed by atoms with Crippen LogP contribution < -0.4 is 15.4 Å². The number of aliphatic imine (C=N–C) groups is 1. The second-order valence-corrected chi connectivity index (χ2v) is 7.21. The Labute approximate surface area is 179 Å². The third-order valence-corrected chi connectivity index (χ3v) is 3.25. The molecule has 0 fully saturated rings. The first kappa shape index (κ1) is 25.4. The highest BCUT2D eigenvalue weighted by molar-refractivity contribution is 14.0. The summed E-state index contributed by atoms with van der Waals surface area (Å²) in [5.41, 5.74) is -0.282. The predicted octanol–water partition coefficient (Wildman–Crippen LogP) is 3.02. The first-order valence-corrected chi connectivity index (χ1v) is 8.84. The lowest BCUT2D eigenvalue weighted by Gasteiger charge is -2.25. The summed E-state index contributed by atoms with van der Waals surface area (Å²) in [4.78, 5) is 18.3. The van der Waals surface area contributed by atoms with Crippen molar-refractivity contribution in [1.29, 1.82) is 0 Å². The molecule has 0 saturated carbocycles. The van der Waals surface area contributed by atoms with Gasteiger partial charge in [0, 0.05) is 19.1 Å². The fourth-order valence-corrected chi connectivity index (χ4v) is 2.23. The molecule has 0 spiro atoms. The summed E-state index contributed by atoms with van der Waals surface area (Å²) in [6.45, 7) is 10.8. The van der Waals surface area contributed by atoms with E-state index >= 15 is 0 Å². The van der Waals surface area contributed by atoms with Crippen LogP contribution in [0.4, 0.5) is 4.39 Å². The van der Waals surface area contributed by atoms with Crippen LogP contribution in [0.15, 0.2) is 29.3 Å². The molecule has 154 valence electrons. The quantitative estimate of drug-likeness (QED) is 0.348. The van der Waals surface area contributed by atoms with Crippen LogP contribution in [0, 0.1) is 5.82 Å². The van der Waals surface area contributed by atoms with Gasteiger partial charge in [-0.15, -0.1) is 24.0 Å². The molecule has 0 bridgehead atoms. The SMILES string of the molecule is CCNC(=NCC(C)Oc1ccccc1F)N(C)CC(=O)NC(C)(C)C.I. The van der Waals surface area contributed by atoms with Crippen molar-refractivity contribution in [2.24, 2.45) is 4.99 Å². The van der Waals surface area contributed by atoms with Gasteiger partial charge >= 0.3 is 0 Å². The molecule has 0 aliphatic rings. The van der Waals surface area contributed by atoms with Gasteiger partial charge in [-0.2, -0.15) is 0 Å². The molecule has 1 unspecified atom stereocenters. The van der Waals surface area contributed by atoms with Crippen molar-refractivity contribution >= 4 is 35.8 Å². The second-order valence-electron chi connectivity index (χ2n) is 7.21. The molecule has 0 saturated heterocycles. The van der Waals surface area contributed by atoms with Crippen molar-refractivity contribution in [3.63, 3.8) is 0 Å². The van der Waals surface area contributed by atoms with Crippen LogP contribution in [-0.2, 0) is 4.79 Å². The predicted molar refractivity (Wildman–Crippen MR) is 118 cm³/mol. The first-order chi connectivity index (χ1) is 12.1. The van der Waals surface area contributed by atoms with Crippen LogP contribution in [0.25, 0.3) is 0 Å². The van der Waals surface area contributed by atoms with Crippen LogP contribution in [0.1, 0.15) is 34.6 Å². The van der Waals surface area contributed by atoms with Crippen molar-refractivity contribution < 1.29 is 13.9 Å². The number of nitrogens with zero attached hydrogens (tertiary/aromatic N) is 2. The van der Waals surface area contributed by atoms with E-state index in [-0.39, 0.29) is 53.8 Å². The Morgan fingerprint density at radius 2 is 1.96 bits per heavy atom. The minimum atomic E-state index is -0.397. The maximum Gasteiger partial charge on any atom is 0.240 e. The summed E-state index contributed by atoms with van der Waals surface area (Å²) in [5, 5.41) is 6.07. The monoisotopic (exact) mass is 494 g/mol. The molecule has 6 nitrogen and oxygen atoms in total. The first-order valence-electron chi connectivity index (χ1n) is 8.84. The Bertz CT molecular complexity index is 620. The number of amides is 1. The van der Waals surface area contributed by atoms with Crippen LogP contribution in [-0.4, -0.2) is 55.1 Å². The summed E-state index contributed by atoms with van der Waals surface area (Å²) >= 11 is 0. The molecular formula is C19H32FIN4O2. The Balaban J connectivity index is 0.00000676. The molecule has 0 aromatic heterocycles. The van der Waals surface area contributed by atoms with Gasteiger partial charge in [0.15, 0.2) is 17.5 Å². The standard InChI is InChI=1S/C19H31FN4O2.HI/c1-7-21-18(24(6)13-17(25)23-19(3,4)5)22-12-14(2)26-16-11-9-8-10-15(16)20;/h8-11,14H,7,12-13H2,1-6H3,(H,21,22)(H,23,25);1H. The molecule has 0 radical (unpaired) electrons. The van der Waals surface area contributed by atoms with Crippen molar-refractivity contribution in [2.45, 2.75) is 46.3 Å². The number of halogens is 2. The third kappa shape index (κ3) is 10.4. The Morgan fingerprint density at radius 3 is 2.52 bits per heavy atom. The molecular weight excluding hydrogens is 462 g/mol. The van der Waals surface area contributed by atoms with Gasteiger partial charge in [0.2, 0.25) is 5.91 Å². The van der Waals surface area contributed by atoms with Crippen LogP contribution in [0.5, 0.6) is 5.75 Å². The molecule has 1 atom stereocenters. The number of benzene rings is 1. The number of hydrogen-bond acceptors (Lipinski definition) is 3. The van der Waals surface area contributed by atoms with E-state index in [1.54, 1.807) is 30.1 Å². The van der Waals surface area contributed by atoms with E-state index in [2.05, 4.69) is 15.6 Å². The van der Waals surface area contributed by atoms with Crippen LogP contribution >= 0.6 is 24.0 Å². The highest BCUT2D eigenvalue weighted by Gasteiger charge is 2.17. The zero-order valence-corrected chi connectivity index (χ0v) is 19.3. The molecule has 2 N–H and O–H groups in total. The Kier molecular flexibility index (Phi) is 11.3. The van der Waals surface area contributed by atoms with Gasteiger partial charge < -0.3 is 20.3 Å². The average molecular weight is 494 g/mol. The van der Waals surface area contributed by atoms with Gasteiger partial charge in [-0.05, 0) is 46.8 Å². The number of carbonyl (C=O) groups excluding carboxylic acids is 1. The average Bonchev–Trinajstić information content (AvgIpc) is 2.51. The topological polar surface area (TPSA) is 66.0 Å². The summed E-state index contributed by atoms with van der Waals surface area (Å²) in [6, 6.07) is 6.28. The van der Waals surface area contributed by atoms with Gasteiger partial charge in [-0.25, -0.2) is 9.38 Å². The maximum absolute atomic E-state index is 13.7. The molecule has 1 aromatic rings. The molecule has 0 aliphatic heterocycles. The van der Waals surface area contributed by atoms with Crippen molar-refractivity contribution in [3.8, 4) is 5.75 Å². The number of ether oxygens (including phenoxy) is 1. The highest BCUT2D eigenvalue weighted by Crippen LogP contribution is 2.17. The lowest BCUT2D eigenvalue weighted by atomic mass is 10.1. The largest absolute Gasteiger partial charge is 0.486 e. The summed E-state index contributed by atoms with van der Waals surface area (Å²) in [5.74, 6) is 0.325. The van der Waals surface area contributed by atoms with Gasteiger partial charge in [0.05, 0.1) is 13.1 Å². The van der Waals surface area contributed by atoms with Crippen LogP contribution in [0.2, 0.25) is 0 Å². The van der Waals surface area contributed by atoms with Crippen molar-refractivity contribution in [1.82, 2.24) is 15.5 Å². The molecule has 8 heteroatoms. The number of para-hydroxylation sites is 1. The smallest absolute Gasteiger partial charge is 0.240 e.